The lowest BCUT2D eigenvalue weighted by Gasteiger charge is -2.37. The van der Waals surface area contributed by atoms with Gasteiger partial charge in [-0.15, -0.1) is 0 Å². The Balaban J connectivity index is 1.47. The Morgan fingerprint density at radius 1 is 1.15 bits per heavy atom. The van der Waals surface area contributed by atoms with Gasteiger partial charge in [0, 0.05) is 42.5 Å². The van der Waals surface area contributed by atoms with Crippen LogP contribution in [0.4, 0.5) is 17.3 Å². The zero-order valence-electron chi connectivity index (χ0n) is 19.9. The average molecular weight is 461 g/mol. The number of nitrogens with one attached hydrogen (secondary N) is 2. The van der Waals surface area contributed by atoms with E-state index in [9.17, 15) is 4.79 Å². The molecule has 1 fully saturated rings. The molecule has 4 heterocycles. The molecule has 5 rings (SSSR count). The molecule has 0 spiro atoms. The Hall–Kier alpha value is -3.23. The first kappa shape index (κ1) is 22.6. The minimum absolute atomic E-state index is 0.133. The number of hydrogen-bond acceptors (Lipinski definition) is 7. The molecule has 0 radical (unpaired) electrons. The molecule has 1 aromatic carbocycles. The number of aromatic amines is 1. The van der Waals surface area contributed by atoms with Crippen LogP contribution in [0.5, 0.6) is 0 Å². The number of H-pyrrole nitrogens is 1. The third-order valence-corrected chi connectivity index (χ3v) is 6.49. The number of hydrogen-bond donors (Lipinski definition) is 2. The van der Waals surface area contributed by atoms with E-state index < -0.39 is 0 Å². The third kappa shape index (κ3) is 4.83. The summed E-state index contributed by atoms with van der Waals surface area (Å²) in [6.45, 7) is 9.73. The summed E-state index contributed by atoms with van der Waals surface area (Å²) in [7, 11) is 0. The van der Waals surface area contributed by atoms with E-state index in [2.05, 4.69) is 33.9 Å². The Kier molecular flexibility index (Phi) is 6.60. The van der Waals surface area contributed by atoms with E-state index in [4.69, 9.17) is 14.7 Å². The van der Waals surface area contributed by atoms with Crippen molar-refractivity contribution >= 4 is 17.3 Å². The fraction of sp³-hybridized carbons (Fsp3) is 0.423. The molecule has 0 bridgehead atoms. The van der Waals surface area contributed by atoms with Crippen LogP contribution in [0, 0.1) is 0 Å². The van der Waals surface area contributed by atoms with Crippen molar-refractivity contribution in [1.29, 1.82) is 0 Å². The number of aromatic nitrogens is 3. The molecule has 2 aromatic heterocycles. The summed E-state index contributed by atoms with van der Waals surface area (Å²) in [5, 5.41) is 3.24. The quantitative estimate of drug-likeness (QED) is 0.582. The fourth-order valence-electron chi connectivity index (χ4n) is 4.76. The average Bonchev–Trinajstić information content (AvgIpc) is 2.84. The van der Waals surface area contributed by atoms with Crippen LogP contribution in [-0.2, 0) is 17.7 Å². The summed E-state index contributed by atoms with van der Waals surface area (Å²) in [4.78, 5) is 29.4. The van der Waals surface area contributed by atoms with Gasteiger partial charge in [0.15, 0.2) is 5.82 Å². The van der Waals surface area contributed by atoms with Gasteiger partial charge in [-0.1, -0.05) is 13.0 Å². The van der Waals surface area contributed by atoms with Crippen LogP contribution in [0.15, 0.2) is 47.3 Å². The van der Waals surface area contributed by atoms with Crippen molar-refractivity contribution in [3.05, 3.63) is 64.1 Å². The number of morpholine rings is 1. The number of nitrogens with zero attached hydrogens (tertiary/aromatic N) is 4. The van der Waals surface area contributed by atoms with Gasteiger partial charge in [-0.25, -0.2) is 9.97 Å². The van der Waals surface area contributed by atoms with Crippen molar-refractivity contribution in [2.24, 2.45) is 0 Å². The molecule has 0 aliphatic carbocycles. The first-order chi connectivity index (χ1) is 16.6. The third-order valence-electron chi connectivity index (χ3n) is 6.49. The highest BCUT2D eigenvalue weighted by atomic mass is 16.5. The maximum Gasteiger partial charge on any atom is 0.249 e. The highest BCUT2D eigenvalue weighted by Gasteiger charge is 2.28. The van der Waals surface area contributed by atoms with Crippen molar-refractivity contribution < 1.29 is 4.74 Å². The molecule has 2 aliphatic rings. The van der Waals surface area contributed by atoms with Crippen LogP contribution in [0.3, 0.4) is 0 Å². The summed E-state index contributed by atoms with van der Waals surface area (Å²) >= 11 is 0. The molecule has 0 amide bonds. The van der Waals surface area contributed by atoms with Gasteiger partial charge in [0.1, 0.15) is 11.6 Å². The van der Waals surface area contributed by atoms with Crippen LogP contribution >= 0.6 is 0 Å². The molecule has 1 atom stereocenters. The van der Waals surface area contributed by atoms with Crippen LogP contribution in [0.1, 0.15) is 31.5 Å². The van der Waals surface area contributed by atoms with E-state index in [1.165, 1.54) is 11.6 Å². The second-order valence-corrected chi connectivity index (χ2v) is 9.07. The summed E-state index contributed by atoms with van der Waals surface area (Å²) in [5.74, 6) is 2.48. The molecule has 8 heteroatoms. The lowest BCUT2D eigenvalue weighted by molar-refractivity contribution is 0.0983. The molecule has 34 heavy (non-hydrogen) atoms. The molecule has 3 aromatic rings. The van der Waals surface area contributed by atoms with Crippen molar-refractivity contribution in [2.45, 2.75) is 39.3 Å². The number of benzene rings is 1. The van der Waals surface area contributed by atoms with E-state index in [-0.39, 0.29) is 11.6 Å². The molecule has 2 N–H and O–H groups in total. The standard InChI is InChI=1S/C26H32N6O2/c1-3-12-31-13-11-21-22(16-31)28-25(30-26(21)32-14-15-34-17-18(32)2)19-7-9-20(10-8-19)27-23-5-4-6-24(33)29-23/h4-10,18H,3,11-17H2,1-2H3,(H2,27,29,33)/t18-/m0/s1. The highest BCUT2D eigenvalue weighted by Crippen LogP contribution is 2.32. The van der Waals surface area contributed by atoms with Crippen LogP contribution in [0.25, 0.3) is 11.4 Å². The van der Waals surface area contributed by atoms with Gasteiger partial charge in [0.05, 0.1) is 24.9 Å². The smallest absolute Gasteiger partial charge is 0.249 e. The Morgan fingerprint density at radius 3 is 2.76 bits per heavy atom. The number of fused-ring (bicyclic) bond motifs is 1. The van der Waals surface area contributed by atoms with E-state index in [0.29, 0.717) is 5.82 Å². The molecule has 2 aliphatic heterocycles. The number of ether oxygens (including phenoxy) is 1. The maximum absolute atomic E-state index is 11.6. The Labute approximate surface area is 200 Å². The molecule has 8 nitrogen and oxygen atoms in total. The van der Waals surface area contributed by atoms with Gasteiger partial charge in [0.2, 0.25) is 5.56 Å². The lowest BCUT2D eigenvalue weighted by atomic mass is 10.0. The van der Waals surface area contributed by atoms with E-state index in [1.807, 2.05) is 30.3 Å². The lowest BCUT2D eigenvalue weighted by Crippen LogP contribution is -2.45. The number of anilines is 3. The van der Waals surface area contributed by atoms with Crippen molar-refractivity contribution in [1.82, 2.24) is 19.9 Å². The van der Waals surface area contributed by atoms with Crippen molar-refractivity contribution in [3.8, 4) is 11.4 Å². The van der Waals surface area contributed by atoms with E-state index >= 15 is 0 Å². The maximum atomic E-state index is 11.6. The van der Waals surface area contributed by atoms with Crippen molar-refractivity contribution in [3.63, 3.8) is 0 Å². The van der Waals surface area contributed by atoms with Gasteiger partial charge in [-0.3, -0.25) is 9.69 Å². The van der Waals surface area contributed by atoms with Crippen LogP contribution in [0.2, 0.25) is 0 Å². The monoisotopic (exact) mass is 460 g/mol. The molecule has 0 saturated carbocycles. The highest BCUT2D eigenvalue weighted by molar-refractivity contribution is 5.65. The zero-order valence-corrected chi connectivity index (χ0v) is 19.9. The SMILES string of the molecule is CCCN1CCc2c(nc(-c3ccc(Nc4cccc(=O)[nH]4)cc3)nc2N2CCOC[C@@H]2C)C1. The normalized spacial score (nSPS) is 18.5. The molecule has 0 unspecified atom stereocenters. The molecular weight excluding hydrogens is 428 g/mol. The van der Waals surface area contributed by atoms with Crippen molar-refractivity contribution in [2.75, 3.05) is 43.1 Å². The first-order valence-corrected chi connectivity index (χ1v) is 12.1. The van der Waals surface area contributed by atoms with E-state index in [0.717, 1.165) is 80.8 Å². The van der Waals surface area contributed by atoms with E-state index in [1.54, 1.807) is 6.07 Å². The molecular formula is C26H32N6O2. The first-order valence-electron chi connectivity index (χ1n) is 12.1. The second kappa shape index (κ2) is 9.95. The van der Waals surface area contributed by atoms with Gasteiger partial charge < -0.3 is 19.9 Å². The molecule has 1 saturated heterocycles. The van der Waals surface area contributed by atoms with Gasteiger partial charge in [-0.2, -0.15) is 0 Å². The zero-order chi connectivity index (χ0) is 23.5. The summed E-state index contributed by atoms with van der Waals surface area (Å²) < 4.78 is 5.69. The number of pyridine rings is 1. The van der Waals surface area contributed by atoms with Crippen LogP contribution < -0.4 is 15.8 Å². The predicted molar refractivity (Wildman–Crippen MR) is 135 cm³/mol. The Morgan fingerprint density at radius 2 is 2.00 bits per heavy atom. The summed E-state index contributed by atoms with van der Waals surface area (Å²) in [5.41, 5.74) is 4.16. The fourth-order valence-corrected chi connectivity index (χ4v) is 4.76. The summed E-state index contributed by atoms with van der Waals surface area (Å²) in [6.07, 6.45) is 2.12. The van der Waals surface area contributed by atoms with Gasteiger partial charge >= 0.3 is 0 Å². The van der Waals surface area contributed by atoms with Gasteiger partial charge in [-0.05, 0) is 56.6 Å². The largest absolute Gasteiger partial charge is 0.377 e. The summed E-state index contributed by atoms with van der Waals surface area (Å²) in [6, 6.07) is 13.4. The minimum Gasteiger partial charge on any atom is -0.377 e. The van der Waals surface area contributed by atoms with Crippen LogP contribution in [-0.4, -0.2) is 58.7 Å². The number of rotatable bonds is 6. The minimum atomic E-state index is -0.133. The molecule has 178 valence electrons. The van der Waals surface area contributed by atoms with Gasteiger partial charge in [0.25, 0.3) is 0 Å². The second-order valence-electron chi connectivity index (χ2n) is 9.07. The Bertz CT molecular complexity index is 1190. The predicted octanol–water partition coefficient (Wildman–Crippen LogP) is 3.57. The topological polar surface area (TPSA) is 86.4 Å².